The molecule has 0 saturated heterocycles. The molecule has 3 aromatic heterocycles. The van der Waals surface area contributed by atoms with E-state index in [1.807, 2.05) is 27.6 Å². The first-order valence-electron chi connectivity index (χ1n) is 7.04. The normalized spacial score (nSPS) is 12.0. The van der Waals surface area contributed by atoms with Crippen molar-refractivity contribution >= 4 is 33.5 Å². The van der Waals surface area contributed by atoms with Gasteiger partial charge in [0.25, 0.3) is 0 Å². The number of imidazole rings is 1. The lowest BCUT2D eigenvalue weighted by atomic mass is 9.98. The van der Waals surface area contributed by atoms with Gasteiger partial charge in [-0.05, 0) is 0 Å². The third-order valence-electron chi connectivity index (χ3n) is 3.14. The minimum Gasteiger partial charge on any atom is -0.350 e. The Morgan fingerprint density at radius 1 is 1.27 bits per heavy atom. The average Bonchev–Trinajstić information content (AvgIpc) is 3.09. The molecule has 0 radical (unpaired) electrons. The van der Waals surface area contributed by atoms with Gasteiger partial charge >= 0.3 is 0 Å². The molecule has 0 atom stereocenters. The summed E-state index contributed by atoms with van der Waals surface area (Å²) < 4.78 is 1.93. The Kier molecular flexibility index (Phi) is 4.01. The summed E-state index contributed by atoms with van der Waals surface area (Å²) in [4.78, 5) is 21.9. The van der Waals surface area contributed by atoms with Crippen molar-refractivity contribution < 1.29 is 4.79 Å². The number of thiazole rings is 2. The second-order valence-corrected chi connectivity index (χ2v) is 7.90. The molecular weight excluding hydrogens is 316 g/mol. The van der Waals surface area contributed by atoms with E-state index in [1.54, 1.807) is 22.7 Å². The lowest BCUT2D eigenvalue weighted by molar-refractivity contribution is -0.120. The van der Waals surface area contributed by atoms with Crippen LogP contribution in [0, 0.1) is 0 Å². The van der Waals surface area contributed by atoms with E-state index >= 15 is 0 Å². The number of carbonyl (C=O) groups is 1. The van der Waals surface area contributed by atoms with Gasteiger partial charge in [0, 0.05) is 28.6 Å². The number of hydrogen-bond donors (Lipinski definition) is 1. The number of hydrogen-bond acceptors (Lipinski definition) is 5. The summed E-state index contributed by atoms with van der Waals surface area (Å²) >= 11 is 3.20. The summed E-state index contributed by atoms with van der Waals surface area (Å²) in [6.07, 6.45) is 4.13. The quantitative estimate of drug-likeness (QED) is 0.798. The van der Waals surface area contributed by atoms with Crippen LogP contribution in [0.1, 0.15) is 37.2 Å². The molecule has 0 aliphatic rings. The van der Waals surface area contributed by atoms with Crippen molar-refractivity contribution in [2.75, 3.05) is 0 Å². The van der Waals surface area contributed by atoms with E-state index in [0.717, 1.165) is 21.4 Å². The van der Waals surface area contributed by atoms with Gasteiger partial charge in [-0.2, -0.15) is 0 Å². The molecule has 0 aliphatic heterocycles. The Hall–Kier alpha value is -1.73. The summed E-state index contributed by atoms with van der Waals surface area (Å²) in [6.45, 7) is 6.88. The summed E-state index contributed by atoms with van der Waals surface area (Å²) in [5.74, 6) is -0.0314. The highest BCUT2D eigenvalue weighted by Crippen LogP contribution is 2.25. The highest BCUT2D eigenvalue weighted by molar-refractivity contribution is 7.15. The molecule has 0 aromatic carbocycles. The van der Waals surface area contributed by atoms with Crippen molar-refractivity contribution in [3.8, 4) is 0 Å². The predicted molar refractivity (Wildman–Crippen MR) is 89.4 cm³/mol. The fourth-order valence-corrected chi connectivity index (χ4v) is 3.64. The smallest absolute Gasteiger partial charge is 0.226 e. The number of aromatic nitrogens is 3. The SMILES string of the molecule is CC(C)(C)c1nc(CNC(=O)Cc2cn3ccsc3n2)cs1. The maximum atomic E-state index is 12.0. The summed E-state index contributed by atoms with van der Waals surface area (Å²) in [6, 6.07) is 0. The summed E-state index contributed by atoms with van der Waals surface area (Å²) in [5, 5.41) is 7.98. The van der Waals surface area contributed by atoms with E-state index in [0.29, 0.717) is 13.0 Å². The molecule has 7 heteroatoms. The Morgan fingerprint density at radius 2 is 2.09 bits per heavy atom. The van der Waals surface area contributed by atoms with Gasteiger partial charge in [0.2, 0.25) is 5.91 Å². The van der Waals surface area contributed by atoms with Gasteiger partial charge in [-0.15, -0.1) is 22.7 Å². The Bertz CT molecular complexity index is 765. The van der Waals surface area contributed by atoms with Crippen LogP contribution in [0.2, 0.25) is 0 Å². The van der Waals surface area contributed by atoms with Crippen LogP contribution in [0.5, 0.6) is 0 Å². The van der Waals surface area contributed by atoms with Crippen molar-refractivity contribution in [2.45, 2.75) is 39.2 Å². The Balaban J connectivity index is 1.56. The summed E-state index contributed by atoms with van der Waals surface area (Å²) in [7, 11) is 0. The molecule has 0 fully saturated rings. The third-order valence-corrected chi connectivity index (χ3v) is 5.23. The van der Waals surface area contributed by atoms with Gasteiger partial charge in [-0.1, -0.05) is 20.8 Å². The highest BCUT2D eigenvalue weighted by atomic mass is 32.1. The zero-order valence-corrected chi connectivity index (χ0v) is 14.4. The van der Waals surface area contributed by atoms with Crippen LogP contribution in [0.3, 0.4) is 0 Å². The largest absolute Gasteiger partial charge is 0.350 e. The van der Waals surface area contributed by atoms with Gasteiger partial charge in [0.15, 0.2) is 4.96 Å². The second-order valence-electron chi connectivity index (χ2n) is 6.17. The maximum Gasteiger partial charge on any atom is 0.226 e. The number of amides is 1. The number of carbonyl (C=O) groups excluding carboxylic acids is 1. The molecule has 3 rings (SSSR count). The van der Waals surface area contributed by atoms with Crippen molar-refractivity contribution in [2.24, 2.45) is 0 Å². The molecule has 0 bridgehead atoms. The van der Waals surface area contributed by atoms with E-state index in [9.17, 15) is 4.79 Å². The molecule has 116 valence electrons. The molecule has 0 aliphatic carbocycles. The van der Waals surface area contributed by atoms with Gasteiger partial charge in [-0.25, -0.2) is 9.97 Å². The van der Waals surface area contributed by atoms with E-state index < -0.39 is 0 Å². The standard InChI is InChI=1S/C15H18N4OS2/c1-15(2,3)13-17-11(9-22-13)7-16-12(20)6-10-8-19-4-5-21-14(19)18-10/h4-5,8-9H,6-7H2,1-3H3,(H,16,20). The minimum atomic E-state index is -0.0314. The lowest BCUT2D eigenvalue weighted by Gasteiger charge is -2.13. The van der Waals surface area contributed by atoms with Crippen molar-refractivity contribution in [1.82, 2.24) is 19.7 Å². The van der Waals surface area contributed by atoms with E-state index in [1.165, 1.54) is 0 Å². The molecular formula is C15H18N4OS2. The van der Waals surface area contributed by atoms with Crippen molar-refractivity contribution in [1.29, 1.82) is 0 Å². The van der Waals surface area contributed by atoms with Gasteiger partial charge < -0.3 is 5.32 Å². The number of fused-ring (bicyclic) bond motifs is 1. The van der Waals surface area contributed by atoms with E-state index in [-0.39, 0.29) is 11.3 Å². The van der Waals surface area contributed by atoms with Crippen LogP contribution < -0.4 is 5.32 Å². The zero-order valence-electron chi connectivity index (χ0n) is 12.8. The van der Waals surface area contributed by atoms with E-state index in [2.05, 4.69) is 36.1 Å². The number of nitrogens with zero attached hydrogens (tertiary/aromatic N) is 3. The number of rotatable bonds is 4. The molecule has 0 spiro atoms. The van der Waals surface area contributed by atoms with Crippen LogP contribution in [0.25, 0.3) is 4.96 Å². The minimum absolute atomic E-state index is 0.0314. The van der Waals surface area contributed by atoms with E-state index in [4.69, 9.17) is 0 Å². The summed E-state index contributed by atoms with van der Waals surface area (Å²) in [5.41, 5.74) is 1.75. The first-order chi connectivity index (χ1) is 10.4. The van der Waals surface area contributed by atoms with Crippen molar-refractivity contribution in [3.63, 3.8) is 0 Å². The molecule has 3 heterocycles. The molecule has 0 unspecified atom stereocenters. The first-order valence-corrected chi connectivity index (χ1v) is 8.80. The van der Waals surface area contributed by atoms with Gasteiger partial charge in [-0.3, -0.25) is 9.20 Å². The van der Waals surface area contributed by atoms with Crippen LogP contribution in [0.15, 0.2) is 23.2 Å². The first kappa shape index (κ1) is 15.2. The van der Waals surface area contributed by atoms with Crippen LogP contribution in [-0.2, 0) is 23.2 Å². The monoisotopic (exact) mass is 334 g/mol. The fraction of sp³-hybridized carbons (Fsp3) is 0.400. The molecule has 3 aromatic rings. The highest BCUT2D eigenvalue weighted by Gasteiger charge is 2.18. The Morgan fingerprint density at radius 3 is 2.77 bits per heavy atom. The van der Waals surface area contributed by atoms with Gasteiger partial charge in [0.1, 0.15) is 0 Å². The van der Waals surface area contributed by atoms with Crippen LogP contribution in [0.4, 0.5) is 0 Å². The second kappa shape index (κ2) is 5.81. The van der Waals surface area contributed by atoms with Gasteiger partial charge in [0.05, 0.1) is 29.4 Å². The molecule has 5 nitrogen and oxygen atoms in total. The van der Waals surface area contributed by atoms with Crippen LogP contribution in [-0.4, -0.2) is 20.3 Å². The third kappa shape index (κ3) is 3.36. The average molecular weight is 334 g/mol. The van der Waals surface area contributed by atoms with Crippen molar-refractivity contribution in [3.05, 3.63) is 39.5 Å². The zero-order chi connectivity index (χ0) is 15.7. The molecule has 1 N–H and O–H groups in total. The fourth-order valence-electron chi connectivity index (χ4n) is 2.01. The molecule has 0 saturated carbocycles. The topological polar surface area (TPSA) is 59.3 Å². The number of nitrogens with one attached hydrogen (secondary N) is 1. The lowest BCUT2D eigenvalue weighted by Crippen LogP contribution is -2.25. The Labute approximate surface area is 137 Å². The molecule has 22 heavy (non-hydrogen) atoms. The maximum absolute atomic E-state index is 12.0. The predicted octanol–water partition coefficient (Wildman–Crippen LogP) is 3.01. The molecule has 1 amide bonds. The van der Waals surface area contributed by atoms with Crippen LogP contribution >= 0.6 is 22.7 Å².